The van der Waals surface area contributed by atoms with Gasteiger partial charge in [-0.1, -0.05) is 52.5 Å². The minimum Gasteiger partial charge on any atom is -0.458 e. The lowest BCUT2D eigenvalue weighted by Crippen LogP contribution is -2.63. The van der Waals surface area contributed by atoms with E-state index in [9.17, 15) is 14.4 Å². The van der Waals surface area contributed by atoms with Crippen molar-refractivity contribution >= 4 is 17.9 Å². The molecular formula is C31H46O8. The van der Waals surface area contributed by atoms with Gasteiger partial charge in [-0.2, -0.15) is 0 Å². The molecule has 1 spiro atoms. The van der Waals surface area contributed by atoms with Crippen LogP contribution in [-0.4, -0.2) is 49.8 Å². The first-order chi connectivity index (χ1) is 18.5. The molecule has 0 bridgehead atoms. The highest BCUT2D eigenvalue weighted by Crippen LogP contribution is 2.68. The molecule has 0 radical (unpaired) electrons. The molecule has 1 saturated heterocycles. The van der Waals surface area contributed by atoms with Crippen LogP contribution in [0.1, 0.15) is 86.0 Å². The van der Waals surface area contributed by atoms with Crippen LogP contribution in [0.3, 0.4) is 0 Å². The van der Waals surface area contributed by atoms with Gasteiger partial charge in [-0.3, -0.25) is 19.1 Å². The highest BCUT2D eigenvalue weighted by molar-refractivity contribution is 5.70. The monoisotopic (exact) mass is 546 g/mol. The number of ether oxygens (including phenoxy) is 5. The summed E-state index contributed by atoms with van der Waals surface area (Å²) in [5.74, 6) is -1.17. The average molecular weight is 547 g/mol. The van der Waals surface area contributed by atoms with Crippen LogP contribution in [0.2, 0.25) is 0 Å². The summed E-state index contributed by atoms with van der Waals surface area (Å²) in [7, 11) is 1.65. The molecule has 0 aromatic rings. The third-order valence-electron chi connectivity index (χ3n) is 9.08. The fraction of sp³-hybridized carbons (Fsp3) is 0.710. The zero-order valence-electron chi connectivity index (χ0n) is 24.5. The van der Waals surface area contributed by atoms with Crippen LogP contribution in [0, 0.1) is 22.7 Å². The molecule has 0 unspecified atom stereocenters. The van der Waals surface area contributed by atoms with Gasteiger partial charge in [-0.05, 0) is 61.9 Å². The second kappa shape index (κ2) is 12.8. The highest BCUT2D eigenvalue weighted by atomic mass is 16.8. The molecular weight excluding hydrogens is 500 g/mol. The lowest BCUT2D eigenvalue weighted by Gasteiger charge is -2.61. The average Bonchev–Trinajstić information content (AvgIpc) is 3.16. The largest absolute Gasteiger partial charge is 0.458 e. The fourth-order valence-corrected chi connectivity index (χ4v) is 6.94. The molecule has 1 saturated carbocycles. The van der Waals surface area contributed by atoms with Crippen LogP contribution in [0.4, 0.5) is 0 Å². The third-order valence-corrected chi connectivity index (χ3v) is 9.08. The molecule has 1 heterocycles. The predicted octanol–water partition coefficient (Wildman–Crippen LogP) is 5.80. The van der Waals surface area contributed by atoms with Gasteiger partial charge < -0.3 is 18.9 Å². The second-order valence-corrected chi connectivity index (χ2v) is 11.5. The zero-order valence-corrected chi connectivity index (χ0v) is 24.5. The normalized spacial score (nSPS) is 35.2. The Bertz CT molecular complexity index is 985. The lowest BCUT2D eigenvalue weighted by molar-refractivity contribution is -0.258. The van der Waals surface area contributed by atoms with Crippen molar-refractivity contribution < 1.29 is 38.1 Å². The van der Waals surface area contributed by atoms with E-state index in [1.165, 1.54) is 6.92 Å². The molecule has 0 aromatic carbocycles. The van der Waals surface area contributed by atoms with Gasteiger partial charge >= 0.3 is 17.9 Å². The van der Waals surface area contributed by atoms with E-state index in [0.29, 0.717) is 37.7 Å². The molecule has 0 aromatic heterocycles. The van der Waals surface area contributed by atoms with Gasteiger partial charge in [0.1, 0.15) is 6.10 Å². The summed E-state index contributed by atoms with van der Waals surface area (Å²) in [6, 6.07) is 0. The van der Waals surface area contributed by atoms with Crippen LogP contribution in [0.25, 0.3) is 0 Å². The van der Waals surface area contributed by atoms with E-state index < -0.39 is 36.0 Å². The summed E-state index contributed by atoms with van der Waals surface area (Å²) in [6.45, 7) is 17.6. The third kappa shape index (κ3) is 6.02. The Morgan fingerprint density at radius 2 is 1.72 bits per heavy atom. The molecule has 0 N–H and O–H groups in total. The summed E-state index contributed by atoms with van der Waals surface area (Å²) in [5.41, 5.74) is 0.354. The van der Waals surface area contributed by atoms with Gasteiger partial charge in [0.2, 0.25) is 12.6 Å². The number of rotatable bonds is 12. The van der Waals surface area contributed by atoms with Gasteiger partial charge in [0, 0.05) is 32.4 Å². The summed E-state index contributed by atoms with van der Waals surface area (Å²) in [5, 5.41) is 0. The quantitative estimate of drug-likeness (QED) is 0.131. The minimum absolute atomic E-state index is 0.185. The maximum atomic E-state index is 12.7. The topological polar surface area (TPSA) is 97.4 Å². The molecule has 2 aliphatic carbocycles. The summed E-state index contributed by atoms with van der Waals surface area (Å²) < 4.78 is 30.1. The van der Waals surface area contributed by atoms with Crippen LogP contribution in [-0.2, 0) is 38.1 Å². The van der Waals surface area contributed by atoms with E-state index in [1.807, 2.05) is 19.9 Å². The first kappa shape index (κ1) is 31.1. The van der Waals surface area contributed by atoms with Gasteiger partial charge in [-0.15, -0.1) is 0 Å². The molecule has 8 nitrogen and oxygen atoms in total. The molecule has 218 valence electrons. The van der Waals surface area contributed by atoms with Gasteiger partial charge in [0.25, 0.3) is 0 Å². The minimum atomic E-state index is -1.08. The highest BCUT2D eigenvalue weighted by Gasteiger charge is 2.71. The summed E-state index contributed by atoms with van der Waals surface area (Å²) >= 11 is 0. The van der Waals surface area contributed by atoms with E-state index in [4.69, 9.17) is 23.7 Å². The number of carbonyl (C=O) groups excluding carboxylic acids is 3. The van der Waals surface area contributed by atoms with E-state index >= 15 is 0 Å². The molecule has 8 atom stereocenters. The molecule has 0 amide bonds. The van der Waals surface area contributed by atoms with Crippen LogP contribution < -0.4 is 0 Å². The standard InChI is InChI=1S/C31H46O8/c1-9-12-26(33)37-22-17-23-28(38-27(34)13-10-2)39-29(36-21(6)32)31(23)24(18-22)30(7,15-14-19(4)11-3)20(5)16-25(31)35-8/h11,17,20,22,24-25,28-29H,3-4,9-10,12-16,18H2,1-2,5-8H3/t20-,22+,24+,25+,28+,29-,30-,31-/m1/s1. The molecule has 3 rings (SSSR count). The first-order valence-corrected chi connectivity index (χ1v) is 14.2. The number of hydrogen-bond acceptors (Lipinski definition) is 8. The number of esters is 3. The number of methoxy groups -OCH3 is 1. The molecule has 8 heteroatoms. The Kier molecular flexibility index (Phi) is 10.2. The molecule has 3 aliphatic rings. The summed E-state index contributed by atoms with van der Waals surface area (Å²) in [6.07, 6.45) is 5.11. The smallest absolute Gasteiger partial charge is 0.308 e. The van der Waals surface area contributed by atoms with Crippen LogP contribution in [0.15, 0.2) is 36.5 Å². The maximum absolute atomic E-state index is 12.7. The Balaban J connectivity index is 2.21. The van der Waals surface area contributed by atoms with E-state index in [2.05, 4.69) is 27.0 Å². The van der Waals surface area contributed by atoms with Crippen LogP contribution >= 0.6 is 0 Å². The maximum Gasteiger partial charge on any atom is 0.308 e. The van der Waals surface area contributed by atoms with Crippen molar-refractivity contribution in [1.82, 2.24) is 0 Å². The van der Waals surface area contributed by atoms with Gasteiger partial charge in [0.15, 0.2) is 0 Å². The SMILES string of the molecule is C=CC(=C)CC[C@]1(C)[C@H](C)C[C@H](OC)[C@@]23C(=C[C@H](OC(=O)CCC)C[C@@H]12)[C@@H](OC(=O)CCC)O[C@H]3OC(C)=O. The Morgan fingerprint density at radius 3 is 2.28 bits per heavy atom. The van der Waals surface area contributed by atoms with Gasteiger partial charge in [0.05, 0.1) is 11.5 Å². The van der Waals surface area contributed by atoms with E-state index in [-0.39, 0.29) is 35.7 Å². The van der Waals surface area contributed by atoms with E-state index in [1.54, 1.807) is 13.2 Å². The molecule has 1 aliphatic heterocycles. The van der Waals surface area contributed by atoms with Crippen molar-refractivity contribution in [2.75, 3.05) is 7.11 Å². The molecule has 39 heavy (non-hydrogen) atoms. The Morgan fingerprint density at radius 1 is 1.08 bits per heavy atom. The van der Waals surface area contributed by atoms with Crippen molar-refractivity contribution in [3.05, 3.63) is 36.5 Å². The Hall–Kier alpha value is -2.45. The number of allylic oxidation sites excluding steroid dienone is 2. The number of hydrogen-bond donors (Lipinski definition) is 0. The zero-order chi connectivity index (χ0) is 29.0. The first-order valence-electron chi connectivity index (χ1n) is 14.2. The van der Waals surface area contributed by atoms with Crippen molar-refractivity contribution in [2.24, 2.45) is 22.7 Å². The van der Waals surface area contributed by atoms with Crippen molar-refractivity contribution in [3.63, 3.8) is 0 Å². The molecule has 2 fully saturated rings. The second-order valence-electron chi connectivity index (χ2n) is 11.5. The fourth-order valence-electron chi connectivity index (χ4n) is 6.94. The van der Waals surface area contributed by atoms with Crippen molar-refractivity contribution in [1.29, 1.82) is 0 Å². The predicted molar refractivity (Wildman–Crippen MR) is 146 cm³/mol. The van der Waals surface area contributed by atoms with Crippen molar-refractivity contribution in [2.45, 2.75) is 111 Å². The summed E-state index contributed by atoms with van der Waals surface area (Å²) in [4.78, 5) is 37.7. The van der Waals surface area contributed by atoms with Crippen molar-refractivity contribution in [3.8, 4) is 0 Å². The number of carbonyl (C=O) groups is 3. The van der Waals surface area contributed by atoms with Gasteiger partial charge in [-0.25, -0.2) is 0 Å². The lowest BCUT2D eigenvalue weighted by atomic mass is 9.45. The Labute approximate surface area is 233 Å². The van der Waals surface area contributed by atoms with E-state index in [0.717, 1.165) is 18.4 Å². The van der Waals surface area contributed by atoms with Crippen LogP contribution in [0.5, 0.6) is 0 Å².